The smallest absolute Gasteiger partial charge is 0.0594 e. The number of aryl methyl sites for hydroxylation is 1. The third-order valence-electron chi connectivity index (χ3n) is 4.18. The molecule has 0 saturated carbocycles. The van der Waals surface area contributed by atoms with Gasteiger partial charge in [-0.25, -0.2) is 0 Å². The van der Waals surface area contributed by atoms with Gasteiger partial charge in [-0.05, 0) is 48.4 Å². The first-order valence-electron chi connectivity index (χ1n) is 6.98. The van der Waals surface area contributed by atoms with E-state index in [2.05, 4.69) is 17.0 Å². The fourth-order valence-corrected chi connectivity index (χ4v) is 3.16. The summed E-state index contributed by atoms with van der Waals surface area (Å²) >= 11 is 0. The summed E-state index contributed by atoms with van der Waals surface area (Å²) in [6, 6.07) is 6.41. The number of hydrogen-bond donors (Lipinski definition) is 1. The summed E-state index contributed by atoms with van der Waals surface area (Å²) in [7, 11) is 0. The Hall–Kier alpha value is -1.06. The largest absolute Gasteiger partial charge is 0.399 e. The molecule has 98 valence electrons. The average molecular weight is 246 g/mol. The van der Waals surface area contributed by atoms with Gasteiger partial charge in [0.2, 0.25) is 0 Å². The van der Waals surface area contributed by atoms with Crippen molar-refractivity contribution in [2.75, 3.05) is 38.6 Å². The van der Waals surface area contributed by atoms with E-state index in [1.807, 2.05) is 6.07 Å². The fraction of sp³-hybridized carbons (Fsp3) is 0.600. The highest BCUT2D eigenvalue weighted by Gasteiger charge is 2.22. The lowest BCUT2D eigenvalue weighted by Crippen LogP contribution is -2.40. The van der Waals surface area contributed by atoms with Crippen LogP contribution >= 0.6 is 0 Å². The van der Waals surface area contributed by atoms with Gasteiger partial charge in [-0.1, -0.05) is 6.07 Å². The van der Waals surface area contributed by atoms with Gasteiger partial charge < -0.3 is 10.5 Å². The molecule has 0 bridgehead atoms. The van der Waals surface area contributed by atoms with Crippen molar-refractivity contribution in [2.45, 2.75) is 19.3 Å². The molecule has 0 radical (unpaired) electrons. The van der Waals surface area contributed by atoms with Crippen LogP contribution < -0.4 is 5.73 Å². The van der Waals surface area contributed by atoms with Crippen molar-refractivity contribution in [3.05, 3.63) is 29.3 Å². The highest BCUT2D eigenvalue weighted by Crippen LogP contribution is 2.27. The van der Waals surface area contributed by atoms with E-state index >= 15 is 0 Å². The van der Waals surface area contributed by atoms with Crippen LogP contribution in [0, 0.1) is 5.92 Å². The lowest BCUT2D eigenvalue weighted by molar-refractivity contribution is 0.0297. The zero-order valence-corrected chi connectivity index (χ0v) is 10.9. The Morgan fingerprint density at radius 2 is 2.06 bits per heavy atom. The number of benzene rings is 1. The molecule has 1 atom stereocenters. The standard InChI is InChI=1S/C15H22N2O/c16-15-4-3-13-9-12(1-2-14(13)10-15)11-17-5-7-18-8-6-17/h3-4,10,12H,1-2,5-9,11,16H2. The van der Waals surface area contributed by atoms with E-state index in [1.54, 1.807) is 0 Å². The quantitative estimate of drug-likeness (QED) is 0.807. The number of nitrogens with zero attached hydrogens (tertiary/aromatic N) is 1. The Balaban J connectivity index is 1.62. The van der Waals surface area contributed by atoms with E-state index < -0.39 is 0 Å². The molecule has 1 fully saturated rings. The Morgan fingerprint density at radius 3 is 2.89 bits per heavy atom. The SMILES string of the molecule is Nc1ccc2c(c1)CCC(CN1CCOCC1)C2. The molecule has 1 unspecified atom stereocenters. The summed E-state index contributed by atoms with van der Waals surface area (Å²) in [6.07, 6.45) is 3.70. The molecule has 1 aromatic carbocycles. The van der Waals surface area contributed by atoms with Gasteiger partial charge in [-0.2, -0.15) is 0 Å². The molecule has 3 heteroatoms. The molecule has 3 rings (SSSR count). The summed E-state index contributed by atoms with van der Waals surface area (Å²) < 4.78 is 5.40. The van der Waals surface area contributed by atoms with Gasteiger partial charge in [0.1, 0.15) is 0 Å². The predicted octanol–water partition coefficient (Wildman–Crippen LogP) is 1.71. The normalized spacial score (nSPS) is 24.8. The number of morpholine rings is 1. The summed E-state index contributed by atoms with van der Waals surface area (Å²) in [4.78, 5) is 2.55. The number of anilines is 1. The van der Waals surface area contributed by atoms with Crippen molar-refractivity contribution in [1.29, 1.82) is 0 Å². The molecule has 2 N–H and O–H groups in total. The molecule has 1 aliphatic carbocycles. The van der Waals surface area contributed by atoms with Crippen molar-refractivity contribution in [3.8, 4) is 0 Å². The highest BCUT2D eigenvalue weighted by atomic mass is 16.5. The van der Waals surface area contributed by atoms with E-state index in [-0.39, 0.29) is 0 Å². The van der Waals surface area contributed by atoms with Crippen LogP contribution in [0.3, 0.4) is 0 Å². The Bertz CT molecular complexity index is 413. The summed E-state index contributed by atoms with van der Waals surface area (Å²) in [6.45, 7) is 5.24. The molecule has 0 amide bonds. The van der Waals surface area contributed by atoms with Crippen molar-refractivity contribution < 1.29 is 4.74 Å². The van der Waals surface area contributed by atoms with Gasteiger partial charge in [0.25, 0.3) is 0 Å². The summed E-state index contributed by atoms with van der Waals surface area (Å²) in [5, 5.41) is 0. The van der Waals surface area contributed by atoms with Gasteiger partial charge in [0, 0.05) is 25.3 Å². The minimum atomic E-state index is 0.805. The Morgan fingerprint density at radius 1 is 1.22 bits per heavy atom. The predicted molar refractivity (Wildman–Crippen MR) is 73.6 cm³/mol. The Labute approximate surface area is 109 Å². The van der Waals surface area contributed by atoms with Gasteiger partial charge in [0.05, 0.1) is 13.2 Å². The molecule has 1 aromatic rings. The lowest BCUT2D eigenvalue weighted by Gasteiger charge is -2.32. The van der Waals surface area contributed by atoms with Gasteiger partial charge in [-0.3, -0.25) is 4.90 Å². The minimum Gasteiger partial charge on any atom is -0.399 e. The van der Waals surface area contributed by atoms with Crippen LogP contribution in [0.25, 0.3) is 0 Å². The second-order valence-electron chi connectivity index (χ2n) is 5.55. The highest BCUT2D eigenvalue weighted by molar-refractivity contribution is 5.45. The maximum Gasteiger partial charge on any atom is 0.0594 e. The molecule has 2 aliphatic rings. The van der Waals surface area contributed by atoms with Crippen LogP contribution in [-0.4, -0.2) is 37.7 Å². The maximum atomic E-state index is 5.84. The van der Waals surface area contributed by atoms with Gasteiger partial charge in [-0.15, -0.1) is 0 Å². The van der Waals surface area contributed by atoms with E-state index in [0.717, 1.165) is 37.9 Å². The average Bonchev–Trinajstić information content (AvgIpc) is 2.40. The topological polar surface area (TPSA) is 38.5 Å². The zero-order chi connectivity index (χ0) is 12.4. The second kappa shape index (κ2) is 5.29. The van der Waals surface area contributed by atoms with Crippen LogP contribution in [0.4, 0.5) is 5.69 Å². The molecule has 0 spiro atoms. The summed E-state index contributed by atoms with van der Waals surface area (Å²) in [5.74, 6) is 0.805. The first kappa shape index (κ1) is 12.0. The lowest BCUT2D eigenvalue weighted by atomic mass is 9.83. The maximum absolute atomic E-state index is 5.84. The second-order valence-corrected chi connectivity index (χ2v) is 5.55. The molecule has 18 heavy (non-hydrogen) atoms. The fourth-order valence-electron chi connectivity index (χ4n) is 3.16. The molecule has 3 nitrogen and oxygen atoms in total. The number of ether oxygens (including phenoxy) is 1. The van der Waals surface area contributed by atoms with E-state index in [9.17, 15) is 0 Å². The van der Waals surface area contributed by atoms with Gasteiger partial charge in [0.15, 0.2) is 0 Å². The molecule has 1 heterocycles. The number of nitrogen functional groups attached to an aromatic ring is 1. The minimum absolute atomic E-state index is 0.805. The monoisotopic (exact) mass is 246 g/mol. The molecular weight excluding hydrogens is 224 g/mol. The molecule has 1 saturated heterocycles. The molecule has 1 aliphatic heterocycles. The summed E-state index contributed by atoms with van der Waals surface area (Å²) in [5.41, 5.74) is 9.72. The molecule has 0 aromatic heterocycles. The number of rotatable bonds is 2. The van der Waals surface area contributed by atoms with Crippen LogP contribution in [0.5, 0.6) is 0 Å². The first-order chi connectivity index (χ1) is 8.81. The van der Waals surface area contributed by atoms with Crippen LogP contribution in [0.15, 0.2) is 18.2 Å². The number of fused-ring (bicyclic) bond motifs is 1. The van der Waals surface area contributed by atoms with Crippen molar-refractivity contribution in [1.82, 2.24) is 4.90 Å². The Kier molecular flexibility index (Phi) is 3.52. The van der Waals surface area contributed by atoms with Crippen molar-refractivity contribution in [2.24, 2.45) is 5.92 Å². The molecular formula is C15H22N2O. The van der Waals surface area contributed by atoms with E-state index in [0.29, 0.717) is 0 Å². The third-order valence-corrected chi connectivity index (χ3v) is 4.18. The van der Waals surface area contributed by atoms with Crippen LogP contribution in [0.1, 0.15) is 17.5 Å². The third kappa shape index (κ3) is 2.68. The zero-order valence-electron chi connectivity index (χ0n) is 10.9. The van der Waals surface area contributed by atoms with E-state index in [4.69, 9.17) is 10.5 Å². The van der Waals surface area contributed by atoms with Gasteiger partial charge >= 0.3 is 0 Å². The van der Waals surface area contributed by atoms with Crippen molar-refractivity contribution in [3.63, 3.8) is 0 Å². The number of nitrogens with two attached hydrogens (primary N) is 1. The van der Waals surface area contributed by atoms with Crippen LogP contribution in [-0.2, 0) is 17.6 Å². The van der Waals surface area contributed by atoms with E-state index in [1.165, 1.54) is 36.9 Å². The number of hydrogen-bond acceptors (Lipinski definition) is 3. The van der Waals surface area contributed by atoms with Crippen molar-refractivity contribution >= 4 is 5.69 Å². The van der Waals surface area contributed by atoms with Crippen LogP contribution in [0.2, 0.25) is 0 Å². The first-order valence-corrected chi connectivity index (χ1v) is 6.98.